The number of rotatable bonds is 3. The van der Waals surface area contributed by atoms with Crippen LogP contribution in [-0.2, 0) is 9.59 Å². The molecule has 1 aliphatic heterocycles. The van der Waals surface area contributed by atoms with E-state index in [1.165, 1.54) is 0 Å². The molecule has 0 spiro atoms. The maximum atomic E-state index is 11.8. The second kappa shape index (κ2) is 5.08. The fraction of sp³-hybridized carbons (Fsp3) is 0.818. The number of carboxylic acid groups (broad SMARTS) is 1. The average molecular weight is 243 g/mol. The Labute approximate surface area is 99.2 Å². The van der Waals surface area contributed by atoms with Crippen molar-refractivity contribution in [3.05, 3.63) is 0 Å². The predicted octanol–water partition coefficient (Wildman–Crippen LogP) is 1.25. The minimum absolute atomic E-state index is 0.0423. The van der Waals surface area contributed by atoms with Crippen molar-refractivity contribution >= 4 is 23.6 Å². The molecule has 0 aromatic carbocycles. The molecule has 0 aromatic rings. The molecule has 2 rings (SSSR count). The van der Waals surface area contributed by atoms with Crippen LogP contribution in [0, 0.1) is 5.92 Å². The van der Waals surface area contributed by atoms with E-state index in [1.807, 2.05) is 0 Å². The molecule has 2 fully saturated rings. The second-order valence-corrected chi connectivity index (χ2v) is 5.80. The number of carbonyl (C=O) groups is 2. The summed E-state index contributed by atoms with van der Waals surface area (Å²) in [6, 6.07) is -0.147. The van der Waals surface area contributed by atoms with E-state index in [1.54, 1.807) is 11.8 Å². The van der Waals surface area contributed by atoms with Crippen LogP contribution in [-0.4, -0.2) is 34.0 Å². The molecule has 0 bridgehead atoms. The molecule has 0 aromatic heterocycles. The van der Waals surface area contributed by atoms with E-state index in [9.17, 15) is 9.59 Å². The standard InChI is InChI=1S/C11H17NO3S/c13-10(9-5-2-6-16-9)12-8-4-1-3-7(8)11(14)15/h7-9H,1-6H2,(H,12,13)(H,14,15). The molecule has 3 atom stereocenters. The van der Waals surface area contributed by atoms with Gasteiger partial charge in [-0.1, -0.05) is 6.42 Å². The number of thioether (sulfide) groups is 1. The summed E-state index contributed by atoms with van der Waals surface area (Å²) in [6.07, 6.45) is 4.43. The molecule has 16 heavy (non-hydrogen) atoms. The number of carbonyl (C=O) groups excluding carboxylic acids is 1. The highest BCUT2D eigenvalue weighted by atomic mass is 32.2. The third kappa shape index (κ3) is 2.51. The van der Waals surface area contributed by atoms with Crippen molar-refractivity contribution < 1.29 is 14.7 Å². The van der Waals surface area contributed by atoms with E-state index in [0.29, 0.717) is 6.42 Å². The molecule has 1 heterocycles. The molecule has 3 unspecified atom stereocenters. The zero-order valence-electron chi connectivity index (χ0n) is 9.15. The Bertz CT molecular complexity index is 289. The van der Waals surface area contributed by atoms with E-state index in [-0.39, 0.29) is 23.1 Å². The van der Waals surface area contributed by atoms with Gasteiger partial charge in [-0.2, -0.15) is 0 Å². The number of nitrogens with one attached hydrogen (secondary N) is 1. The Morgan fingerprint density at radius 1 is 1.19 bits per heavy atom. The first-order valence-corrected chi connectivity index (χ1v) is 6.88. The smallest absolute Gasteiger partial charge is 0.308 e. The summed E-state index contributed by atoms with van der Waals surface area (Å²) in [4.78, 5) is 22.8. The van der Waals surface area contributed by atoms with Gasteiger partial charge in [0, 0.05) is 6.04 Å². The summed E-state index contributed by atoms with van der Waals surface area (Å²) in [5.74, 6) is -0.0663. The summed E-state index contributed by atoms with van der Waals surface area (Å²) in [5, 5.41) is 12.0. The van der Waals surface area contributed by atoms with E-state index in [4.69, 9.17) is 5.11 Å². The van der Waals surface area contributed by atoms with Crippen LogP contribution in [0.5, 0.6) is 0 Å². The van der Waals surface area contributed by atoms with Gasteiger partial charge in [0.05, 0.1) is 11.2 Å². The molecule has 1 aliphatic carbocycles. The van der Waals surface area contributed by atoms with Crippen LogP contribution in [0.2, 0.25) is 0 Å². The second-order valence-electron chi connectivity index (χ2n) is 4.49. The topological polar surface area (TPSA) is 66.4 Å². The fourth-order valence-electron chi connectivity index (χ4n) is 2.49. The predicted molar refractivity (Wildman–Crippen MR) is 62.4 cm³/mol. The van der Waals surface area contributed by atoms with Crippen LogP contribution in [0.1, 0.15) is 32.1 Å². The van der Waals surface area contributed by atoms with Crippen molar-refractivity contribution in [3.8, 4) is 0 Å². The van der Waals surface area contributed by atoms with Gasteiger partial charge in [-0.3, -0.25) is 9.59 Å². The molecule has 2 N–H and O–H groups in total. The largest absolute Gasteiger partial charge is 0.481 e. The maximum Gasteiger partial charge on any atom is 0.308 e. The lowest BCUT2D eigenvalue weighted by molar-refractivity contribution is -0.142. The zero-order valence-corrected chi connectivity index (χ0v) is 9.96. The van der Waals surface area contributed by atoms with E-state index in [2.05, 4.69) is 5.32 Å². The Morgan fingerprint density at radius 3 is 2.62 bits per heavy atom. The van der Waals surface area contributed by atoms with Crippen molar-refractivity contribution in [1.82, 2.24) is 5.32 Å². The van der Waals surface area contributed by atoms with E-state index >= 15 is 0 Å². The number of aliphatic carboxylic acids is 1. The first-order chi connectivity index (χ1) is 7.68. The summed E-state index contributed by atoms with van der Waals surface area (Å²) < 4.78 is 0. The Kier molecular flexibility index (Phi) is 3.74. The molecule has 1 amide bonds. The third-order valence-corrected chi connectivity index (χ3v) is 4.76. The molecular formula is C11H17NO3S. The molecule has 1 saturated carbocycles. The van der Waals surface area contributed by atoms with Crippen LogP contribution in [0.4, 0.5) is 0 Å². The lowest BCUT2D eigenvalue weighted by Crippen LogP contribution is -2.43. The molecule has 4 nitrogen and oxygen atoms in total. The minimum Gasteiger partial charge on any atom is -0.481 e. The Balaban J connectivity index is 1.88. The molecule has 90 valence electrons. The van der Waals surface area contributed by atoms with E-state index < -0.39 is 5.97 Å². The van der Waals surface area contributed by atoms with Gasteiger partial charge in [0.2, 0.25) is 5.91 Å². The monoisotopic (exact) mass is 243 g/mol. The molecule has 2 aliphatic rings. The van der Waals surface area contributed by atoms with E-state index in [0.717, 1.165) is 31.4 Å². The van der Waals surface area contributed by atoms with Gasteiger partial charge in [0.25, 0.3) is 0 Å². The van der Waals surface area contributed by atoms with Crippen molar-refractivity contribution in [2.24, 2.45) is 5.92 Å². The lowest BCUT2D eigenvalue weighted by Gasteiger charge is -2.19. The van der Waals surface area contributed by atoms with Gasteiger partial charge >= 0.3 is 5.97 Å². The lowest BCUT2D eigenvalue weighted by atomic mass is 10.0. The van der Waals surface area contributed by atoms with Crippen LogP contribution in [0.3, 0.4) is 0 Å². The zero-order chi connectivity index (χ0) is 11.5. The van der Waals surface area contributed by atoms with Crippen LogP contribution in [0.25, 0.3) is 0 Å². The number of hydrogen-bond acceptors (Lipinski definition) is 3. The van der Waals surface area contributed by atoms with Gasteiger partial charge in [0.15, 0.2) is 0 Å². The van der Waals surface area contributed by atoms with Crippen LogP contribution >= 0.6 is 11.8 Å². The van der Waals surface area contributed by atoms with Crippen LogP contribution < -0.4 is 5.32 Å². The molecular weight excluding hydrogens is 226 g/mol. The van der Waals surface area contributed by atoms with Gasteiger partial charge < -0.3 is 10.4 Å². The fourth-order valence-corrected chi connectivity index (χ4v) is 3.66. The van der Waals surface area contributed by atoms with Crippen molar-refractivity contribution in [2.45, 2.75) is 43.4 Å². The third-order valence-electron chi connectivity index (χ3n) is 3.38. The van der Waals surface area contributed by atoms with Crippen molar-refractivity contribution in [1.29, 1.82) is 0 Å². The Morgan fingerprint density at radius 2 is 2.00 bits per heavy atom. The maximum absolute atomic E-state index is 11.8. The summed E-state index contributed by atoms with van der Waals surface area (Å²) in [7, 11) is 0. The first kappa shape index (κ1) is 11.8. The van der Waals surface area contributed by atoms with Crippen LogP contribution in [0.15, 0.2) is 0 Å². The highest BCUT2D eigenvalue weighted by Gasteiger charge is 2.35. The SMILES string of the molecule is O=C(NC1CCCC1C(=O)O)C1CCCS1. The average Bonchev–Trinajstić information content (AvgIpc) is 2.86. The van der Waals surface area contributed by atoms with Gasteiger partial charge in [0.1, 0.15) is 0 Å². The number of carboxylic acids is 1. The summed E-state index contributed by atoms with van der Waals surface area (Å²) in [6.45, 7) is 0. The Hall–Kier alpha value is -0.710. The number of amides is 1. The molecule has 5 heteroatoms. The molecule has 0 radical (unpaired) electrons. The highest BCUT2D eigenvalue weighted by Crippen LogP contribution is 2.29. The number of hydrogen-bond donors (Lipinski definition) is 2. The van der Waals surface area contributed by atoms with Crippen molar-refractivity contribution in [2.75, 3.05) is 5.75 Å². The van der Waals surface area contributed by atoms with Gasteiger partial charge in [-0.25, -0.2) is 0 Å². The van der Waals surface area contributed by atoms with Gasteiger partial charge in [-0.15, -0.1) is 11.8 Å². The first-order valence-electron chi connectivity index (χ1n) is 5.83. The molecule has 1 saturated heterocycles. The minimum atomic E-state index is -0.776. The van der Waals surface area contributed by atoms with Crippen molar-refractivity contribution in [3.63, 3.8) is 0 Å². The quantitative estimate of drug-likeness (QED) is 0.783. The summed E-state index contributed by atoms with van der Waals surface area (Å²) >= 11 is 1.68. The normalized spacial score (nSPS) is 33.9. The van der Waals surface area contributed by atoms with Gasteiger partial charge in [-0.05, 0) is 31.4 Å². The highest BCUT2D eigenvalue weighted by molar-refractivity contribution is 8.00. The summed E-state index contributed by atoms with van der Waals surface area (Å²) in [5.41, 5.74) is 0.